The molecule has 1 heterocycles. The summed E-state index contributed by atoms with van der Waals surface area (Å²) in [6, 6.07) is 11.6. The molecule has 0 atom stereocenters. The Balaban J connectivity index is 2.07. The molecule has 0 aliphatic rings. The molecule has 0 radical (unpaired) electrons. The third kappa shape index (κ3) is 5.46. The number of aromatic nitrogens is 2. The van der Waals surface area contributed by atoms with Crippen LogP contribution in [-0.2, 0) is 9.84 Å². The van der Waals surface area contributed by atoms with Gasteiger partial charge in [-0.2, -0.15) is 9.78 Å². The predicted octanol–water partition coefficient (Wildman–Crippen LogP) is 4.18. The predicted molar refractivity (Wildman–Crippen MR) is 118 cm³/mol. The van der Waals surface area contributed by atoms with E-state index in [9.17, 15) is 17.6 Å². The highest BCUT2D eigenvalue weighted by atomic mass is 32.2. The topological polar surface area (TPSA) is 78.3 Å². The fourth-order valence-corrected chi connectivity index (χ4v) is 3.57. The minimum Gasteiger partial charge on any atom is -0.487 e. The van der Waals surface area contributed by atoms with Crippen LogP contribution in [0.3, 0.4) is 0 Å². The van der Waals surface area contributed by atoms with E-state index in [1.807, 2.05) is 19.9 Å². The molecule has 0 spiro atoms. The average molecular weight is 443 g/mol. The van der Waals surface area contributed by atoms with Gasteiger partial charge in [0.15, 0.2) is 15.6 Å². The molecule has 8 heteroatoms. The van der Waals surface area contributed by atoms with Crippen LogP contribution in [0.4, 0.5) is 4.39 Å². The number of ether oxygens (including phenoxy) is 1. The molecule has 0 amide bonds. The van der Waals surface area contributed by atoms with Crippen molar-refractivity contribution < 1.29 is 17.5 Å². The van der Waals surface area contributed by atoms with Gasteiger partial charge < -0.3 is 4.74 Å². The van der Waals surface area contributed by atoms with Crippen LogP contribution < -0.4 is 10.3 Å². The Labute approximate surface area is 180 Å². The first-order valence-electron chi connectivity index (χ1n) is 9.62. The van der Waals surface area contributed by atoms with Crippen LogP contribution in [0, 0.1) is 5.82 Å². The second-order valence-electron chi connectivity index (χ2n) is 7.30. The van der Waals surface area contributed by atoms with Crippen LogP contribution in [0.2, 0.25) is 0 Å². The van der Waals surface area contributed by atoms with Crippen LogP contribution in [0.25, 0.3) is 16.8 Å². The Morgan fingerprint density at radius 1 is 1.10 bits per heavy atom. The summed E-state index contributed by atoms with van der Waals surface area (Å²) in [7, 11) is -3.34. The van der Waals surface area contributed by atoms with Gasteiger partial charge in [-0.25, -0.2) is 12.8 Å². The summed E-state index contributed by atoms with van der Waals surface area (Å²) in [4.78, 5) is 13.3. The minimum atomic E-state index is -3.34. The van der Waals surface area contributed by atoms with Gasteiger partial charge in [-0.05, 0) is 62.2 Å². The molecular formula is C23H23FN2O4S. The quantitative estimate of drug-likeness (QED) is 0.405. The third-order valence-corrected chi connectivity index (χ3v) is 5.64. The van der Waals surface area contributed by atoms with Crippen LogP contribution >= 0.6 is 0 Å². The molecule has 0 N–H and O–H groups in total. The van der Waals surface area contributed by atoms with Crippen molar-refractivity contribution in [3.63, 3.8) is 0 Å². The van der Waals surface area contributed by atoms with Crippen molar-refractivity contribution in [2.75, 3.05) is 12.9 Å². The van der Waals surface area contributed by atoms with Gasteiger partial charge in [0, 0.05) is 11.8 Å². The van der Waals surface area contributed by atoms with Crippen LogP contribution in [-0.4, -0.2) is 31.1 Å². The lowest BCUT2D eigenvalue weighted by Crippen LogP contribution is -2.24. The normalized spacial score (nSPS) is 11.2. The maximum Gasteiger partial charge on any atom is 0.314 e. The zero-order valence-electron chi connectivity index (χ0n) is 17.5. The highest BCUT2D eigenvalue weighted by Crippen LogP contribution is 2.28. The lowest BCUT2D eigenvalue weighted by atomic mass is 10.1. The van der Waals surface area contributed by atoms with E-state index < -0.39 is 21.2 Å². The van der Waals surface area contributed by atoms with Gasteiger partial charge in [-0.15, -0.1) is 0 Å². The van der Waals surface area contributed by atoms with E-state index in [0.717, 1.165) is 16.5 Å². The molecule has 0 aliphatic heterocycles. The van der Waals surface area contributed by atoms with Crippen molar-refractivity contribution in [2.24, 2.45) is 0 Å². The largest absolute Gasteiger partial charge is 0.487 e. The molecule has 2 aromatic carbocycles. The summed E-state index contributed by atoms with van der Waals surface area (Å²) in [5, 5.41) is 4.21. The highest BCUT2D eigenvalue weighted by molar-refractivity contribution is 7.90. The van der Waals surface area contributed by atoms with Crippen molar-refractivity contribution in [3.05, 3.63) is 82.5 Å². The number of allylic oxidation sites excluding steroid dienone is 1. The molecule has 0 saturated carbocycles. The van der Waals surface area contributed by atoms with E-state index >= 15 is 0 Å². The second-order valence-corrected chi connectivity index (χ2v) is 9.31. The minimum absolute atomic E-state index is 0.0913. The Bertz CT molecular complexity index is 1260. The number of rotatable bonds is 7. The van der Waals surface area contributed by atoms with Gasteiger partial charge in [0.05, 0.1) is 23.4 Å². The van der Waals surface area contributed by atoms with Crippen molar-refractivity contribution >= 4 is 9.84 Å². The van der Waals surface area contributed by atoms with Gasteiger partial charge >= 0.3 is 5.56 Å². The van der Waals surface area contributed by atoms with E-state index in [1.165, 1.54) is 42.6 Å². The van der Waals surface area contributed by atoms with Gasteiger partial charge in [0.1, 0.15) is 5.82 Å². The fraction of sp³-hybridized carbons (Fsp3) is 0.217. The summed E-state index contributed by atoms with van der Waals surface area (Å²) >= 11 is 0. The van der Waals surface area contributed by atoms with Crippen LogP contribution in [0.15, 0.2) is 76.1 Å². The second kappa shape index (κ2) is 9.26. The van der Waals surface area contributed by atoms with Crippen LogP contribution in [0.5, 0.6) is 5.75 Å². The van der Waals surface area contributed by atoms with Crippen molar-refractivity contribution in [1.29, 1.82) is 0 Å². The van der Waals surface area contributed by atoms with Gasteiger partial charge in [-0.1, -0.05) is 23.8 Å². The lowest BCUT2D eigenvalue weighted by molar-refractivity contribution is 0.318. The van der Waals surface area contributed by atoms with E-state index in [0.29, 0.717) is 23.2 Å². The molecule has 0 aliphatic carbocycles. The molecule has 0 saturated heterocycles. The molecular weight excluding hydrogens is 419 g/mol. The zero-order valence-corrected chi connectivity index (χ0v) is 18.3. The van der Waals surface area contributed by atoms with E-state index in [-0.39, 0.29) is 17.3 Å². The highest BCUT2D eigenvalue weighted by Gasteiger charge is 2.17. The Morgan fingerprint density at radius 2 is 1.74 bits per heavy atom. The summed E-state index contributed by atoms with van der Waals surface area (Å²) in [5.41, 5.74) is 2.09. The first-order valence-corrected chi connectivity index (χ1v) is 11.5. The van der Waals surface area contributed by atoms with Gasteiger partial charge in [0.2, 0.25) is 0 Å². The van der Waals surface area contributed by atoms with E-state index in [2.05, 4.69) is 5.10 Å². The van der Waals surface area contributed by atoms with Gasteiger partial charge in [-0.3, -0.25) is 4.79 Å². The Hall–Kier alpha value is -3.26. The van der Waals surface area contributed by atoms with Crippen LogP contribution in [0.1, 0.15) is 20.3 Å². The van der Waals surface area contributed by atoms with Crippen molar-refractivity contribution in [1.82, 2.24) is 9.78 Å². The SMILES string of the molecule is CC(C)=CCCOc1c(-c2ccc(S(C)(=O)=O)cc2)cnn(-c2ccc(F)cc2)c1=O. The van der Waals surface area contributed by atoms with E-state index in [1.54, 1.807) is 12.1 Å². The summed E-state index contributed by atoms with van der Waals surface area (Å²) in [6.45, 7) is 4.23. The maximum atomic E-state index is 13.3. The number of hydrogen-bond acceptors (Lipinski definition) is 5. The Morgan fingerprint density at radius 3 is 2.32 bits per heavy atom. The zero-order chi connectivity index (χ0) is 22.6. The molecule has 31 heavy (non-hydrogen) atoms. The average Bonchev–Trinajstić information content (AvgIpc) is 2.72. The summed E-state index contributed by atoms with van der Waals surface area (Å²) in [6.07, 6.45) is 5.23. The van der Waals surface area contributed by atoms with Crippen molar-refractivity contribution in [3.8, 4) is 22.6 Å². The number of nitrogens with zero attached hydrogens (tertiary/aromatic N) is 2. The smallest absolute Gasteiger partial charge is 0.314 e. The van der Waals surface area contributed by atoms with Gasteiger partial charge in [0.25, 0.3) is 0 Å². The van der Waals surface area contributed by atoms with Crippen molar-refractivity contribution in [2.45, 2.75) is 25.2 Å². The molecule has 1 aromatic heterocycles. The summed E-state index contributed by atoms with van der Waals surface area (Å²) in [5.74, 6) is -0.328. The molecule has 0 bridgehead atoms. The number of sulfone groups is 1. The molecule has 162 valence electrons. The lowest BCUT2D eigenvalue weighted by Gasteiger charge is -2.13. The first kappa shape index (κ1) is 22.4. The molecule has 3 rings (SSSR count). The maximum absolute atomic E-state index is 13.3. The fourth-order valence-electron chi connectivity index (χ4n) is 2.94. The summed E-state index contributed by atoms with van der Waals surface area (Å²) < 4.78 is 43.7. The number of hydrogen-bond donors (Lipinski definition) is 0. The molecule has 3 aromatic rings. The van der Waals surface area contributed by atoms with E-state index in [4.69, 9.17) is 4.74 Å². The monoisotopic (exact) mass is 442 g/mol. The standard InChI is InChI=1S/C23H23FN2O4S/c1-16(2)5-4-14-30-22-21(17-6-12-20(13-7-17)31(3,28)29)15-25-26(23(22)27)19-10-8-18(24)9-11-19/h5-13,15H,4,14H2,1-3H3. The third-order valence-electron chi connectivity index (χ3n) is 4.52. The Kier molecular flexibility index (Phi) is 6.70. The number of halogens is 1. The molecule has 6 nitrogen and oxygen atoms in total. The molecule has 0 unspecified atom stereocenters. The molecule has 0 fully saturated rings. The number of benzene rings is 2. The first-order chi connectivity index (χ1) is 14.7.